The van der Waals surface area contributed by atoms with Crippen LogP contribution in [0.5, 0.6) is 0 Å². The molecule has 1 aromatic rings. The number of nitrogens with zero attached hydrogens (tertiary/aromatic N) is 3. The lowest BCUT2D eigenvalue weighted by Crippen LogP contribution is -2.66. The summed E-state index contributed by atoms with van der Waals surface area (Å²) in [5, 5.41) is 12.3. The maximum Gasteiger partial charge on any atom is 0.356 e. The number of carboxylic acid groups (broad SMARTS) is 1. The Kier molecular flexibility index (Phi) is 3.31. The van der Waals surface area contributed by atoms with Crippen LogP contribution in [0.4, 0.5) is 5.82 Å². The van der Waals surface area contributed by atoms with Crippen LogP contribution in [0.25, 0.3) is 0 Å². The van der Waals surface area contributed by atoms with Crippen LogP contribution in [0.15, 0.2) is 12.4 Å². The number of aromatic nitrogens is 2. The minimum absolute atomic E-state index is 0.0463. The highest BCUT2D eigenvalue weighted by molar-refractivity contribution is 5.85. The largest absolute Gasteiger partial charge is 0.476 e. The van der Waals surface area contributed by atoms with Gasteiger partial charge in [-0.3, -0.25) is 4.98 Å². The first-order valence-electron chi connectivity index (χ1n) is 6.68. The van der Waals surface area contributed by atoms with Gasteiger partial charge in [0.25, 0.3) is 0 Å². The molecule has 3 rings (SSSR count). The molecular weight excluding hydrogens is 260 g/mol. The molecule has 2 N–H and O–H groups in total. The Morgan fingerprint density at radius 3 is 3.00 bits per heavy atom. The Hall–Kier alpha value is -1.73. The number of hydrogen-bond acceptors (Lipinski definition) is 6. The summed E-state index contributed by atoms with van der Waals surface area (Å²) >= 11 is 0. The quantitative estimate of drug-likeness (QED) is 0.819. The van der Waals surface area contributed by atoms with E-state index in [2.05, 4.69) is 20.2 Å². The van der Waals surface area contributed by atoms with Crippen LogP contribution in [-0.2, 0) is 4.74 Å². The molecule has 2 aliphatic rings. The Balaban J connectivity index is 1.76. The molecule has 0 aromatic carbocycles. The van der Waals surface area contributed by atoms with Crippen molar-refractivity contribution in [3.05, 3.63) is 18.1 Å². The van der Waals surface area contributed by atoms with Gasteiger partial charge in [-0.15, -0.1) is 0 Å². The van der Waals surface area contributed by atoms with Crippen LogP contribution in [-0.4, -0.2) is 64.8 Å². The molecule has 2 fully saturated rings. The van der Waals surface area contributed by atoms with Gasteiger partial charge in [-0.25, -0.2) is 9.78 Å². The van der Waals surface area contributed by atoms with Crippen LogP contribution in [0, 0.1) is 5.92 Å². The zero-order chi connectivity index (χ0) is 14.3. The molecule has 4 atom stereocenters. The molecule has 1 saturated heterocycles. The molecule has 7 nitrogen and oxygen atoms in total. The van der Waals surface area contributed by atoms with E-state index in [-0.39, 0.29) is 23.9 Å². The monoisotopic (exact) mass is 278 g/mol. The summed E-state index contributed by atoms with van der Waals surface area (Å²) in [5.74, 6) is -0.106. The number of hydrogen-bond donors (Lipinski definition) is 2. The van der Waals surface area contributed by atoms with Crippen LogP contribution >= 0.6 is 0 Å². The lowest BCUT2D eigenvalue weighted by atomic mass is 9.71. The van der Waals surface area contributed by atoms with Gasteiger partial charge in [0.2, 0.25) is 0 Å². The van der Waals surface area contributed by atoms with E-state index in [4.69, 9.17) is 9.84 Å². The number of carbonyl (C=O) groups is 1. The normalized spacial score (nSPS) is 31.8. The number of rotatable bonds is 4. The SMILES string of the molecule is CN(C)[C@@H]1[C@@H](Nc2cncc(C(=O)O)n2)[C@H]2CCO[C@H]21. The number of nitrogens with one attached hydrogen (secondary N) is 1. The average molecular weight is 278 g/mol. The molecule has 0 unspecified atom stereocenters. The lowest BCUT2D eigenvalue weighted by Gasteiger charge is -2.50. The van der Waals surface area contributed by atoms with Crippen molar-refractivity contribution in [3.63, 3.8) is 0 Å². The minimum atomic E-state index is -1.07. The van der Waals surface area contributed by atoms with Crippen LogP contribution < -0.4 is 5.32 Å². The molecule has 1 aliphatic carbocycles. The molecule has 20 heavy (non-hydrogen) atoms. The summed E-state index contributed by atoms with van der Waals surface area (Å²) in [6.45, 7) is 0.790. The number of carboxylic acids is 1. The van der Waals surface area contributed by atoms with Crippen molar-refractivity contribution in [2.24, 2.45) is 5.92 Å². The molecule has 1 aliphatic heterocycles. The maximum absolute atomic E-state index is 10.9. The standard InChI is InChI=1S/C13H18N4O3/c1-17(2)11-10(7-3-4-20-12(7)11)16-9-6-14-5-8(15-9)13(18)19/h5-7,10-12H,3-4H2,1-2H3,(H,15,16)(H,18,19)/t7-,10+,11-,12-/m1/s1. The smallest absolute Gasteiger partial charge is 0.356 e. The number of fused-ring (bicyclic) bond motifs is 1. The van der Waals surface area contributed by atoms with Gasteiger partial charge in [-0.2, -0.15) is 0 Å². The summed E-state index contributed by atoms with van der Waals surface area (Å²) in [5.41, 5.74) is -0.0463. The molecule has 0 bridgehead atoms. The van der Waals surface area contributed by atoms with E-state index < -0.39 is 5.97 Å². The fourth-order valence-corrected chi connectivity index (χ4v) is 3.19. The van der Waals surface area contributed by atoms with Gasteiger partial charge in [0.05, 0.1) is 30.6 Å². The van der Waals surface area contributed by atoms with E-state index >= 15 is 0 Å². The third-order valence-corrected chi connectivity index (χ3v) is 4.11. The first-order valence-corrected chi connectivity index (χ1v) is 6.68. The van der Waals surface area contributed by atoms with E-state index in [0.29, 0.717) is 11.7 Å². The molecule has 2 heterocycles. The predicted molar refractivity (Wildman–Crippen MR) is 71.7 cm³/mol. The lowest BCUT2D eigenvalue weighted by molar-refractivity contribution is -0.0516. The fraction of sp³-hybridized carbons (Fsp3) is 0.615. The molecule has 0 radical (unpaired) electrons. The summed E-state index contributed by atoms with van der Waals surface area (Å²) in [6, 6.07) is 0.494. The number of aromatic carboxylic acids is 1. The molecular formula is C13H18N4O3. The number of anilines is 1. The summed E-state index contributed by atoms with van der Waals surface area (Å²) in [4.78, 5) is 21.0. The van der Waals surface area contributed by atoms with Crippen molar-refractivity contribution in [3.8, 4) is 0 Å². The summed E-state index contributed by atoms with van der Waals surface area (Å²) in [6.07, 6.45) is 4.10. The van der Waals surface area contributed by atoms with Gasteiger partial charge >= 0.3 is 5.97 Å². The summed E-state index contributed by atoms with van der Waals surface area (Å²) in [7, 11) is 4.05. The summed E-state index contributed by atoms with van der Waals surface area (Å²) < 4.78 is 5.74. The van der Waals surface area contributed by atoms with Gasteiger partial charge < -0.3 is 20.1 Å². The molecule has 1 saturated carbocycles. The Labute approximate surface area is 117 Å². The molecule has 0 amide bonds. The first-order chi connectivity index (χ1) is 9.58. The van der Waals surface area contributed by atoms with E-state index in [1.807, 2.05) is 14.1 Å². The van der Waals surface area contributed by atoms with Crippen molar-refractivity contribution in [1.29, 1.82) is 0 Å². The van der Waals surface area contributed by atoms with E-state index in [1.54, 1.807) is 6.20 Å². The van der Waals surface area contributed by atoms with Crippen LogP contribution in [0.2, 0.25) is 0 Å². The topological polar surface area (TPSA) is 87.6 Å². The van der Waals surface area contributed by atoms with Gasteiger partial charge in [0, 0.05) is 12.5 Å². The van der Waals surface area contributed by atoms with E-state index in [1.165, 1.54) is 6.20 Å². The third kappa shape index (κ3) is 2.12. The van der Waals surface area contributed by atoms with Gasteiger partial charge in [0.15, 0.2) is 5.69 Å². The highest BCUT2D eigenvalue weighted by Gasteiger charge is 2.55. The number of ether oxygens (including phenoxy) is 1. The highest BCUT2D eigenvalue weighted by atomic mass is 16.5. The Bertz CT molecular complexity index is 522. The van der Waals surface area contributed by atoms with Crippen molar-refractivity contribution >= 4 is 11.8 Å². The molecule has 108 valence electrons. The molecule has 7 heteroatoms. The Morgan fingerprint density at radius 2 is 2.30 bits per heavy atom. The second-order valence-corrected chi connectivity index (χ2v) is 5.51. The molecule has 1 aromatic heterocycles. The van der Waals surface area contributed by atoms with Gasteiger partial charge in [-0.1, -0.05) is 0 Å². The highest BCUT2D eigenvalue weighted by Crippen LogP contribution is 2.42. The fourth-order valence-electron chi connectivity index (χ4n) is 3.19. The number of likely N-dealkylation sites (N-methyl/N-ethyl adjacent to an activating group) is 1. The van der Waals surface area contributed by atoms with Crippen molar-refractivity contribution < 1.29 is 14.6 Å². The second kappa shape index (κ2) is 4.99. The zero-order valence-corrected chi connectivity index (χ0v) is 11.5. The van der Waals surface area contributed by atoms with Gasteiger partial charge in [0.1, 0.15) is 5.82 Å². The minimum Gasteiger partial charge on any atom is -0.476 e. The zero-order valence-electron chi connectivity index (χ0n) is 11.5. The molecule has 0 spiro atoms. The maximum atomic E-state index is 10.9. The van der Waals surface area contributed by atoms with E-state index in [9.17, 15) is 4.79 Å². The van der Waals surface area contributed by atoms with Crippen LogP contribution in [0.1, 0.15) is 16.9 Å². The average Bonchev–Trinajstić information content (AvgIpc) is 2.79. The van der Waals surface area contributed by atoms with Crippen molar-refractivity contribution in [2.45, 2.75) is 24.6 Å². The third-order valence-electron chi connectivity index (χ3n) is 4.11. The Morgan fingerprint density at radius 1 is 1.50 bits per heavy atom. The predicted octanol–water partition coefficient (Wildman–Crippen LogP) is 0.304. The van der Waals surface area contributed by atoms with Gasteiger partial charge in [-0.05, 0) is 20.5 Å². The van der Waals surface area contributed by atoms with Crippen LogP contribution in [0.3, 0.4) is 0 Å². The van der Waals surface area contributed by atoms with E-state index in [0.717, 1.165) is 13.0 Å². The van der Waals surface area contributed by atoms with Crippen molar-refractivity contribution in [2.75, 3.05) is 26.0 Å². The first kappa shape index (κ1) is 13.3. The second-order valence-electron chi connectivity index (χ2n) is 5.51. The van der Waals surface area contributed by atoms with Crippen molar-refractivity contribution in [1.82, 2.24) is 14.9 Å².